The number of aromatic amines is 1. The quantitative estimate of drug-likeness (QED) is 0.623. The van der Waals surface area contributed by atoms with Crippen molar-refractivity contribution in [1.82, 2.24) is 9.99 Å². The van der Waals surface area contributed by atoms with Crippen LogP contribution in [-0.4, -0.2) is 30.6 Å². The van der Waals surface area contributed by atoms with E-state index in [1.807, 2.05) is 0 Å². The number of aromatic nitrogens is 1. The van der Waals surface area contributed by atoms with E-state index in [0.29, 0.717) is 0 Å². The number of rotatable bonds is 0. The minimum Gasteiger partial charge on any atom is -0.361 e. The summed E-state index contributed by atoms with van der Waals surface area (Å²) < 4.78 is 0. The molecule has 1 aliphatic rings. The maximum atomic E-state index is 3.38. The maximum absolute atomic E-state index is 3.38. The largest absolute Gasteiger partial charge is 0.361 e. The Morgan fingerprint density at radius 1 is 1.42 bits per heavy atom. The van der Waals surface area contributed by atoms with E-state index in [9.17, 15) is 0 Å². The number of anilines is 1. The Bertz CT molecular complexity index is 290. The van der Waals surface area contributed by atoms with E-state index in [1.54, 1.807) is 0 Å². The minimum absolute atomic E-state index is 1.10. The molecule has 2 rings (SSSR count). The van der Waals surface area contributed by atoms with Gasteiger partial charge in [0.1, 0.15) is 0 Å². The smallest absolute Gasteiger partial charge is 0.0729 e. The fraction of sp³-hybridized carbons (Fsp3) is 0.556. The Kier molecular flexibility index (Phi) is 1.61. The van der Waals surface area contributed by atoms with E-state index in [0.717, 1.165) is 13.0 Å². The predicted molar refractivity (Wildman–Crippen MR) is 50.3 cm³/mol. The summed E-state index contributed by atoms with van der Waals surface area (Å²) in [6.45, 7) is 3.20. The van der Waals surface area contributed by atoms with E-state index < -0.39 is 0 Å². The van der Waals surface area contributed by atoms with Crippen LogP contribution in [0.1, 0.15) is 11.4 Å². The van der Waals surface area contributed by atoms with Crippen LogP contribution in [0, 0.1) is 6.92 Å². The van der Waals surface area contributed by atoms with Gasteiger partial charge >= 0.3 is 0 Å². The monoisotopic (exact) mass is 165 g/mol. The third-order valence-corrected chi connectivity index (χ3v) is 2.56. The SMILES string of the molecule is Cc1cc2c([nH]1)CCN(C)N2C. The van der Waals surface area contributed by atoms with E-state index in [1.165, 1.54) is 17.1 Å². The molecule has 2 heterocycles. The molecule has 0 atom stereocenters. The van der Waals surface area contributed by atoms with Crippen LogP contribution in [0.3, 0.4) is 0 Å². The second kappa shape index (κ2) is 2.52. The van der Waals surface area contributed by atoms with E-state index in [4.69, 9.17) is 0 Å². The van der Waals surface area contributed by atoms with Gasteiger partial charge in [0, 0.05) is 38.4 Å². The van der Waals surface area contributed by atoms with E-state index in [2.05, 4.69) is 42.1 Å². The first-order chi connectivity index (χ1) is 5.68. The third kappa shape index (κ3) is 1.01. The molecule has 1 aliphatic heterocycles. The molecule has 0 saturated heterocycles. The normalized spacial score (nSPS) is 18.1. The minimum atomic E-state index is 1.10. The van der Waals surface area contributed by atoms with E-state index in [-0.39, 0.29) is 0 Å². The van der Waals surface area contributed by atoms with Crippen LogP contribution < -0.4 is 5.01 Å². The summed E-state index contributed by atoms with van der Waals surface area (Å²) >= 11 is 0. The summed E-state index contributed by atoms with van der Waals surface area (Å²) in [6.07, 6.45) is 1.13. The summed E-state index contributed by atoms with van der Waals surface area (Å²) in [5.41, 5.74) is 3.94. The van der Waals surface area contributed by atoms with Crippen LogP contribution in [0.5, 0.6) is 0 Å². The Hall–Kier alpha value is -0.960. The molecule has 12 heavy (non-hydrogen) atoms. The van der Waals surface area contributed by atoms with Gasteiger partial charge in [0.15, 0.2) is 0 Å². The Balaban J connectivity index is 2.41. The molecule has 0 aromatic carbocycles. The fourth-order valence-electron chi connectivity index (χ4n) is 1.72. The van der Waals surface area contributed by atoms with Crippen molar-refractivity contribution in [2.24, 2.45) is 0 Å². The van der Waals surface area contributed by atoms with Gasteiger partial charge in [-0.3, -0.25) is 0 Å². The molecule has 0 aliphatic carbocycles. The first-order valence-corrected chi connectivity index (χ1v) is 4.32. The van der Waals surface area contributed by atoms with Crippen LogP contribution >= 0.6 is 0 Å². The number of nitrogens with zero attached hydrogens (tertiary/aromatic N) is 2. The number of hydrazine groups is 1. The number of fused-ring (bicyclic) bond motifs is 1. The number of H-pyrrole nitrogens is 1. The van der Waals surface area contributed by atoms with Gasteiger partial charge in [0.05, 0.1) is 5.69 Å². The first kappa shape index (κ1) is 7.68. The van der Waals surface area contributed by atoms with Gasteiger partial charge in [-0.15, -0.1) is 0 Å². The summed E-state index contributed by atoms with van der Waals surface area (Å²) in [5, 5.41) is 4.43. The highest BCUT2D eigenvalue weighted by atomic mass is 15.6. The molecule has 0 bridgehead atoms. The van der Waals surface area contributed by atoms with Crippen molar-refractivity contribution < 1.29 is 0 Å². The summed E-state index contributed by atoms with van der Waals surface area (Å²) in [5.74, 6) is 0. The van der Waals surface area contributed by atoms with Gasteiger partial charge in [-0.05, 0) is 13.0 Å². The van der Waals surface area contributed by atoms with Crippen LogP contribution in [0.4, 0.5) is 5.69 Å². The lowest BCUT2D eigenvalue weighted by molar-refractivity contribution is 0.312. The average Bonchev–Trinajstić information content (AvgIpc) is 2.39. The average molecular weight is 165 g/mol. The molecule has 0 fully saturated rings. The molecule has 3 heteroatoms. The van der Waals surface area contributed by atoms with Crippen molar-refractivity contribution in [3.05, 3.63) is 17.5 Å². The van der Waals surface area contributed by atoms with Gasteiger partial charge in [-0.1, -0.05) is 0 Å². The van der Waals surface area contributed by atoms with Crippen LogP contribution in [0.25, 0.3) is 0 Å². The second-order valence-corrected chi connectivity index (χ2v) is 3.47. The molecule has 1 aromatic rings. The standard InChI is InChI=1S/C9H15N3/c1-7-6-9-8(10-7)4-5-11(2)12(9)3/h6,10H,4-5H2,1-3H3. The lowest BCUT2D eigenvalue weighted by Gasteiger charge is -2.34. The molecule has 3 nitrogen and oxygen atoms in total. The fourth-order valence-corrected chi connectivity index (χ4v) is 1.72. The van der Waals surface area contributed by atoms with Crippen LogP contribution in [0.15, 0.2) is 6.07 Å². The zero-order chi connectivity index (χ0) is 8.72. The molecule has 0 saturated carbocycles. The maximum Gasteiger partial charge on any atom is 0.0729 e. The van der Waals surface area contributed by atoms with Crippen molar-refractivity contribution in [3.8, 4) is 0 Å². The number of likely N-dealkylation sites (N-methyl/N-ethyl adjacent to an activating group) is 1. The lowest BCUT2D eigenvalue weighted by Crippen LogP contribution is -2.41. The van der Waals surface area contributed by atoms with Crippen molar-refractivity contribution in [2.45, 2.75) is 13.3 Å². The summed E-state index contributed by atoms with van der Waals surface area (Å²) in [7, 11) is 4.22. The summed E-state index contributed by atoms with van der Waals surface area (Å²) in [4.78, 5) is 3.38. The highest BCUT2D eigenvalue weighted by Gasteiger charge is 2.19. The molecule has 0 amide bonds. The molecule has 1 aromatic heterocycles. The first-order valence-electron chi connectivity index (χ1n) is 4.32. The Morgan fingerprint density at radius 3 is 2.92 bits per heavy atom. The second-order valence-electron chi connectivity index (χ2n) is 3.47. The molecule has 1 N–H and O–H groups in total. The molecular formula is C9H15N3. The number of nitrogens with one attached hydrogen (secondary N) is 1. The van der Waals surface area contributed by atoms with Gasteiger partial charge < -0.3 is 9.99 Å². The van der Waals surface area contributed by atoms with Crippen molar-refractivity contribution in [2.75, 3.05) is 25.6 Å². The van der Waals surface area contributed by atoms with Crippen LogP contribution in [-0.2, 0) is 6.42 Å². The van der Waals surface area contributed by atoms with Crippen LogP contribution in [0.2, 0.25) is 0 Å². The Morgan fingerprint density at radius 2 is 2.17 bits per heavy atom. The molecular weight excluding hydrogens is 150 g/mol. The molecule has 66 valence electrons. The predicted octanol–water partition coefficient (Wildman–Crippen LogP) is 1.16. The van der Waals surface area contributed by atoms with Crippen molar-refractivity contribution in [3.63, 3.8) is 0 Å². The Labute approximate surface area is 72.9 Å². The van der Waals surface area contributed by atoms with Gasteiger partial charge in [-0.2, -0.15) is 0 Å². The third-order valence-electron chi connectivity index (χ3n) is 2.56. The van der Waals surface area contributed by atoms with Crippen molar-refractivity contribution in [1.29, 1.82) is 0 Å². The molecule has 0 unspecified atom stereocenters. The van der Waals surface area contributed by atoms with Gasteiger partial charge in [0.2, 0.25) is 0 Å². The highest BCUT2D eigenvalue weighted by Crippen LogP contribution is 2.25. The number of hydrogen-bond donors (Lipinski definition) is 1. The summed E-state index contributed by atoms with van der Waals surface area (Å²) in [6, 6.07) is 2.20. The molecule has 0 radical (unpaired) electrons. The zero-order valence-corrected chi connectivity index (χ0v) is 7.89. The van der Waals surface area contributed by atoms with Crippen molar-refractivity contribution >= 4 is 5.69 Å². The lowest BCUT2D eigenvalue weighted by atomic mass is 10.2. The van der Waals surface area contributed by atoms with Gasteiger partial charge in [-0.25, -0.2) is 5.01 Å². The molecule has 0 spiro atoms. The topological polar surface area (TPSA) is 22.3 Å². The van der Waals surface area contributed by atoms with Gasteiger partial charge in [0.25, 0.3) is 0 Å². The number of aryl methyl sites for hydroxylation is 1. The highest BCUT2D eigenvalue weighted by molar-refractivity contribution is 5.53. The zero-order valence-electron chi connectivity index (χ0n) is 7.89. The number of hydrogen-bond acceptors (Lipinski definition) is 2. The van der Waals surface area contributed by atoms with E-state index >= 15 is 0 Å².